The Balaban J connectivity index is 1.45. The van der Waals surface area contributed by atoms with Crippen molar-refractivity contribution in [1.29, 1.82) is 0 Å². The van der Waals surface area contributed by atoms with Gasteiger partial charge in [0.1, 0.15) is 11.4 Å². The number of allylic oxidation sites excluding steroid dienone is 2. The molecule has 9 heteroatoms. The number of carbonyl (C=O) groups is 4. The third-order valence-corrected chi connectivity index (χ3v) is 8.77. The van der Waals surface area contributed by atoms with Crippen molar-refractivity contribution in [3.05, 3.63) is 42.0 Å². The van der Waals surface area contributed by atoms with Crippen molar-refractivity contribution in [2.24, 2.45) is 17.8 Å². The Bertz CT molecular complexity index is 1110. The van der Waals surface area contributed by atoms with E-state index in [4.69, 9.17) is 9.47 Å². The molecule has 3 aliphatic rings. The van der Waals surface area contributed by atoms with Crippen LogP contribution in [0.25, 0.3) is 0 Å². The Morgan fingerprint density at radius 2 is 1.68 bits per heavy atom. The average Bonchev–Trinajstić information content (AvgIpc) is 3.50. The fourth-order valence-corrected chi connectivity index (χ4v) is 5.81. The van der Waals surface area contributed by atoms with E-state index in [1.165, 1.54) is 0 Å². The van der Waals surface area contributed by atoms with Crippen molar-refractivity contribution in [3.63, 3.8) is 0 Å². The molecule has 9 nitrogen and oxygen atoms in total. The Morgan fingerprint density at radius 1 is 1.05 bits per heavy atom. The molecule has 0 spiro atoms. The number of aliphatic hydroxyl groups is 1. The molecule has 2 amide bonds. The lowest BCUT2D eigenvalue weighted by molar-refractivity contribution is -0.135. The predicted molar refractivity (Wildman–Crippen MR) is 153 cm³/mol. The van der Waals surface area contributed by atoms with E-state index in [-0.39, 0.29) is 47.7 Å². The van der Waals surface area contributed by atoms with Crippen LogP contribution in [0.1, 0.15) is 70.8 Å². The topological polar surface area (TPSA) is 134 Å². The number of carbonyl (C=O) groups excluding carboxylic acids is 4. The van der Waals surface area contributed by atoms with Gasteiger partial charge in [-0.1, -0.05) is 24.3 Å². The van der Waals surface area contributed by atoms with Gasteiger partial charge in [0, 0.05) is 18.3 Å². The smallest absolute Gasteiger partial charge is 0.224 e. The number of hydrogen-bond donors (Lipinski definition) is 3. The third kappa shape index (κ3) is 8.49. The lowest BCUT2D eigenvalue weighted by Crippen LogP contribution is -2.50. The van der Waals surface area contributed by atoms with Gasteiger partial charge in [-0.15, -0.1) is 0 Å². The monoisotopic (exact) mass is 568 g/mol. The van der Waals surface area contributed by atoms with Gasteiger partial charge in [-0.2, -0.15) is 0 Å². The molecule has 4 rings (SSSR count). The fraction of sp³-hybridized carbons (Fsp3) is 0.625. The average molecular weight is 569 g/mol. The van der Waals surface area contributed by atoms with Gasteiger partial charge in [0.2, 0.25) is 11.8 Å². The summed E-state index contributed by atoms with van der Waals surface area (Å²) in [6.07, 6.45) is 8.61. The van der Waals surface area contributed by atoms with Crippen molar-refractivity contribution in [2.45, 2.75) is 95.4 Å². The highest BCUT2D eigenvalue weighted by Gasteiger charge is 2.50. The Hall–Kier alpha value is -3.04. The summed E-state index contributed by atoms with van der Waals surface area (Å²) in [5.74, 6) is -0.936. The number of benzene rings is 1. The van der Waals surface area contributed by atoms with Gasteiger partial charge in [0.15, 0.2) is 11.6 Å². The van der Waals surface area contributed by atoms with Gasteiger partial charge in [-0.3, -0.25) is 19.2 Å². The maximum atomic E-state index is 13.8. The molecule has 1 saturated heterocycles. The normalized spacial score (nSPS) is 26.0. The van der Waals surface area contributed by atoms with E-state index in [2.05, 4.69) is 22.8 Å². The summed E-state index contributed by atoms with van der Waals surface area (Å²) >= 11 is 0. The second-order valence-electron chi connectivity index (χ2n) is 12.1. The van der Waals surface area contributed by atoms with Crippen LogP contribution >= 0.6 is 0 Å². The van der Waals surface area contributed by atoms with Crippen LogP contribution in [0, 0.1) is 17.8 Å². The van der Waals surface area contributed by atoms with E-state index in [9.17, 15) is 24.3 Å². The van der Waals surface area contributed by atoms with Crippen LogP contribution in [0.3, 0.4) is 0 Å². The molecule has 3 N–H and O–H groups in total. The molecule has 0 radical (unpaired) electrons. The van der Waals surface area contributed by atoms with Gasteiger partial charge in [-0.05, 0) is 88.8 Å². The minimum Gasteiger partial charge on any atom is -0.497 e. The van der Waals surface area contributed by atoms with E-state index < -0.39 is 23.6 Å². The number of nitrogens with one attached hydrogen (secondary N) is 2. The lowest BCUT2D eigenvalue weighted by Gasteiger charge is -2.27. The SMILES string of the molecule is COc1ccc(C[C@H](CC(=O)[C@@H](C)NC(=O)C2CCC(O)CC2)C(=O)N[C@@H](CC2CC=CC2)C(=O)[C@@]2(C)CO2)cc1. The van der Waals surface area contributed by atoms with E-state index in [1.807, 2.05) is 12.1 Å². The first-order valence-corrected chi connectivity index (χ1v) is 14.9. The first kappa shape index (κ1) is 30.9. The molecule has 4 atom stereocenters. The zero-order valence-electron chi connectivity index (χ0n) is 24.4. The zero-order valence-corrected chi connectivity index (χ0v) is 24.4. The largest absolute Gasteiger partial charge is 0.497 e. The van der Waals surface area contributed by atoms with Crippen LogP contribution in [0.15, 0.2) is 36.4 Å². The van der Waals surface area contributed by atoms with Gasteiger partial charge in [0.05, 0.1) is 31.9 Å². The molecule has 1 aliphatic heterocycles. The molecule has 224 valence electrons. The van der Waals surface area contributed by atoms with Crippen molar-refractivity contribution >= 4 is 23.4 Å². The van der Waals surface area contributed by atoms with E-state index in [0.717, 1.165) is 18.4 Å². The molecule has 1 aromatic carbocycles. The van der Waals surface area contributed by atoms with Crippen molar-refractivity contribution in [2.75, 3.05) is 13.7 Å². The summed E-state index contributed by atoms with van der Waals surface area (Å²) in [6.45, 7) is 3.73. The summed E-state index contributed by atoms with van der Waals surface area (Å²) in [6, 6.07) is 5.87. The maximum absolute atomic E-state index is 13.8. The van der Waals surface area contributed by atoms with E-state index in [0.29, 0.717) is 50.9 Å². The number of methoxy groups -OCH3 is 1. The summed E-state index contributed by atoms with van der Waals surface area (Å²) in [5.41, 5.74) is -0.0178. The number of ether oxygens (including phenoxy) is 2. The number of hydrogen-bond acceptors (Lipinski definition) is 7. The molecule has 41 heavy (non-hydrogen) atoms. The van der Waals surface area contributed by atoms with Gasteiger partial charge in [-0.25, -0.2) is 0 Å². The molecule has 1 heterocycles. The lowest BCUT2D eigenvalue weighted by atomic mass is 9.86. The van der Waals surface area contributed by atoms with Crippen molar-refractivity contribution in [1.82, 2.24) is 10.6 Å². The highest BCUT2D eigenvalue weighted by atomic mass is 16.6. The molecule has 2 aliphatic carbocycles. The van der Waals surface area contributed by atoms with Crippen LogP contribution in [0.4, 0.5) is 0 Å². The molecule has 0 bridgehead atoms. The van der Waals surface area contributed by atoms with E-state index >= 15 is 0 Å². The highest BCUT2D eigenvalue weighted by Crippen LogP contribution is 2.32. The molecule has 0 aromatic heterocycles. The van der Waals surface area contributed by atoms with Crippen molar-refractivity contribution in [3.8, 4) is 5.75 Å². The first-order valence-electron chi connectivity index (χ1n) is 14.9. The second-order valence-corrected chi connectivity index (χ2v) is 12.1. The molecular formula is C32H44N2O7. The molecule has 0 unspecified atom stereocenters. The number of amides is 2. The summed E-state index contributed by atoms with van der Waals surface area (Å²) in [7, 11) is 1.58. The van der Waals surface area contributed by atoms with E-state index in [1.54, 1.807) is 33.1 Å². The standard InChI is InChI=1S/C32H44N2O7/c1-20(33-30(38)23-10-12-25(35)13-11-23)28(36)18-24(16-22-8-14-26(40-3)15-9-22)31(39)34-27(17-21-6-4-5-7-21)29(37)32(2)19-41-32/h4-5,8-9,14-15,20-21,23-25,27,35H,6-7,10-13,16-19H2,1-3H3,(H,33,38)(H,34,39)/t20-,23?,24-,25?,27+,32-/m1/s1. The fourth-order valence-electron chi connectivity index (χ4n) is 5.81. The summed E-state index contributed by atoms with van der Waals surface area (Å²) < 4.78 is 10.7. The molecule has 2 fully saturated rings. The molecule has 1 saturated carbocycles. The van der Waals surface area contributed by atoms with Crippen LogP contribution < -0.4 is 15.4 Å². The minimum atomic E-state index is -0.876. The third-order valence-electron chi connectivity index (χ3n) is 8.77. The van der Waals surface area contributed by atoms with Crippen LogP contribution in [-0.4, -0.2) is 66.0 Å². The first-order chi connectivity index (χ1) is 19.6. The van der Waals surface area contributed by atoms with Gasteiger partial charge < -0.3 is 25.2 Å². The molecular weight excluding hydrogens is 524 g/mol. The van der Waals surface area contributed by atoms with Crippen LogP contribution in [-0.2, 0) is 30.3 Å². The van der Waals surface area contributed by atoms with Crippen LogP contribution in [0.2, 0.25) is 0 Å². The number of rotatable bonds is 14. The number of Topliss-reactive ketones (excluding diaryl/α,β-unsaturated/α-hetero) is 2. The molecule has 1 aromatic rings. The Kier molecular flexibility index (Phi) is 10.4. The number of aliphatic hydroxyl groups excluding tert-OH is 1. The summed E-state index contributed by atoms with van der Waals surface area (Å²) in [4.78, 5) is 53.2. The highest BCUT2D eigenvalue weighted by molar-refractivity contribution is 5.98. The summed E-state index contributed by atoms with van der Waals surface area (Å²) in [5, 5.41) is 15.6. The van der Waals surface area contributed by atoms with Crippen LogP contribution in [0.5, 0.6) is 5.75 Å². The quantitative estimate of drug-likeness (QED) is 0.232. The maximum Gasteiger partial charge on any atom is 0.224 e. The number of ketones is 2. The predicted octanol–water partition coefficient (Wildman–Crippen LogP) is 3.07. The Labute approximate surface area is 242 Å². The number of epoxide rings is 1. The second kappa shape index (κ2) is 13.7. The Morgan fingerprint density at radius 3 is 2.27 bits per heavy atom. The minimum absolute atomic E-state index is 0.0810. The van der Waals surface area contributed by atoms with Crippen molar-refractivity contribution < 1.29 is 33.8 Å². The van der Waals surface area contributed by atoms with Gasteiger partial charge >= 0.3 is 0 Å². The zero-order chi connectivity index (χ0) is 29.6. The van der Waals surface area contributed by atoms with Gasteiger partial charge in [0.25, 0.3) is 0 Å².